The van der Waals surface area contributed by atoms with Crippen molar-refractivity contribution < 1.29 is 13.6 Å². The van der Waals surface area contributed by atoms with Crippen molar-refractivity contribution in [2.24, 2.45) is 0 Å². The first-order chi connectivity index (χ1) is 17.9. The number of halogens is 2. The quantitative estimate of drug-likeness (QED) is 0.254. The van der Waals surface area contributed by atoms with Crippen LogP contribution in [0.4, 0.5) is 14.5 Å². The summed E-state index contributed by atoms with van der Waals surface area (Å²) in [5.41, 5.74) is 3.34. The number of hydrogen-bond donors (Lipinski definition) is 0. The Hall–Kier alpha value is -3.78. The number of rotatable bonds is 8. The molecule has 0 amide bonds. The molecule has 3 aromatic carbocycles. The molecule has 4 aromatic rings. The van der Waals surface area contributed by atoms with Crippen molar-refractivity contribution in [2.45, 2.75) is 26.3 Å². The monoisotopic (exact) mass is 504 g/mol. The second-order valence-electron chi connectivity index (χ2n) is 9.52. The summed E-state index contributed by atoms with van der Waals surface area (Å²) in [5.74, 6) is -0.669. The van der Waals surface area contributed by atoms with E-state index < -0.39 is 0 Å². The van der Waals surface area contributed by atoms with E-state index in [2.05, 4.69) is 9.80 Å². The van der Waals surface area contributed by atoms with Gasteiger partial charge in [0.25, 0.3) is 0 Å². The second kappa shape index (κ2) is 10.7. The average Bonchev–Trinajstić information content (AvgIpc) is 3.18. The smallest absolute Gasteiger partial charge is 0.333 e. The van der Waals surface area contributed by atoms with Gasteiger partial charge in [0.05, 0.1) is 16.7 Å². The summed E-state index contributed by atoms with van der Waals surface area (Å²) in [6.45, 7) is 6.67. The van der Waals surface area contributed by atoms with E-state index in [1.54, 1.807) is 33.4 Å². The van der Waals surface area contributed by atoms with Crippen LogP contribution in [-0.4, -0.2) is 52.5 Å². The third-order valence-corrected chi connectivity index (χ3v) is 7.09. The number of piperazine rings is 1. The highest BCUT2D eigenvalue weighted by atomic mass is 19.1. The number of carbonyl (C=O) groups excluding carboxylic acids is 1. The first-order valence-electron chi connectivity index (χ1n) is 12.7. The van der Waals surface area contributed by atoms with E-state index in [1.807, 2.05) is 18.2 Å². The van der Waals surface area contributed by atoms with Gasteiger partial charge in [0.1, 0.15) is 11.6 Å². The Morgan fingerprint density at radius 3 is 1.97 bits per heavy atom. The highest BCUT2D eigenvalue weighted by Crippen LogP contribution is 2.21. The topological polar surface area (TPSA) is 50.5 Å². The molecule has 2 heterocycles. The van der Waals surface area contributed by atoms with Crippen LogP contribution in [0.25, 0.3) is 16.7 Å². The zero-order valence-corrected chi connectivity index (χ0v) is 20.9. The first kappa shape index (κ1) is 24.9. The summed E-state index contributed by atoms with van der Waals surface area (Å²) in [6.07, 6.45) is 1.77. The van der Waals surface area contributed by atoms with Gasteiger partial charge in [-0.25, -0.2) is 13.6 Å². The fourth-order valence-electron chi connectivity index (χ4n) is 5.02. The van der Waals surface area contributed by atoms with Crippen molar-refractivity contribution in [3.05, 3.63) is 94.4 Å². The number of fused-ring (bicyclic) bond motifs is 1. The molecule has 0 N–H and O–H groups in total. The Morgan fingerprint density at radius 1 is 0.757 bits per heavy atom. The minimum atomic E-state index is -0.372. The lowest BCUT2D eigenvalue weighted by atomic mass is 10.1. The highest BCUT2D eigenvalue weighted by Gasteiger charge is 2.18. The molecule has 5 rings (SSSR count). The van der Waals surface area contributed by atoms with Gasteiger partial charge in [-0.3, -0.25) is 18.8 Å². The Bertz CT molecular complexity index is 1450. The van der Waals surface area contributed by atoms with Gasteiger partial charge in [0, 0.05) is 44.0 Å². The van der Waals surface area contributed by atoms with Crippen molar-refractivity contribution in [1.82, 2.24) is 14.0 Å². The summed E-state index contributed by atoms with van der Waals surface area (Å²) in [7, 11) is 0. The first-order valence-corrected chi connectivity index (χ1v) is 12.7. The van der Waals surface area contributed by atoms with Crippen molar-refractivity contribution >= 4 is 22.5 Å². The number of hydrogen-bond acceptors (Lipinski definition) is 4. The van der Waals surface area contributed by atoms with E-state index in [-0.39, 0.29) is 23.1 Å². The third-order valence-electron chi connectivity index (χ3n) is 7.09. The van der Waals surface area contributed by atoms with Crippen molar-refractivity contribution in [3.8, 4) is 5.69 Å². The zero-order valence-electron chi connectivity index (χ0n) is 20.9. The molecule has 0 radical (unpaired) electrons. The number of nitrogens with zero attached hydrogens (tertiary/aromatic N) is 4. The number of carbonyl (C=O) groups is 1. The molecule has 1 fully saturated rings. The predicted octanol–water partition coefficient (Wildman–Crippen LogP) is 4.88. The van der Waals surface area contributed by atoms with Crippen LogP contribution in [0.5, 0.6) is 0 Å². The molecule has 0 spiro atoms. The van der Waals surface area contributed by atoms with Gasteiger partial charge >= 0.3 is 5.69 Å². The number of aryl methyl sites for hydroxylation is 1. The van der Waals surface area contributed by atoms with Crippen LogP contribution in [0.1, 0.15) is 30.1 Å². The minimum absolute atomic E-state index is 0.0766. The lowest BCUT2D eigenvalue weighted by Gasteiger charge is -2.36. The van der Waals surface area contributed by atoms with E-state index >= 15 is 0 Å². The lowest BCUT2D eigenvalue weighted by molar-refractivity contribution is 0.101. The fraction of sp³-hybridized carbons (Fsp3) is 0.310. The van der Waals surface area contributed by atoms with Crippen molar-refractivity contribution in [2.75, 3.05) is 37.6 Å². The van der Waals surface area contributed by atoms with Crippen molar-refractivity contribution in [3.63, 3.8) is 0 Å². The van der Waals surface area contributed by atoms with Crippen LogP contribution >= 0.6 is 0 Å². The molecule has 1 saturated heterocycles. The molecule has 0 atom stereocenters. The molecule has 8 heteroatoms. The number of Topliss-reactive ketones (excluding diaryl/α,β-unsaturated/α-hetero) is 1. The van der Waals surface area contributed by atoms with E-state index in [9.17, 15) is 18.4 Å². The maximum atomic E-state index is 13.5. The van der Waals surface area contributed by atoms with Crippen LogP contribution in [0, 0.1) is 11.6 Å². The number of ketones is 1. The van der Waals surface area contributed by atoms with Crippen LogP contribution in [0.15, 0.2) is 71.5 Å². The van der Waals surface area contributed by atoms with Crippen LogP contribution in [0.3, 0.4) is 0 Å². The number of anilines is 1. The largest absolute Gasteiger partial charge is 0.369 e. The maximum Gasteiger partial charge on any atom is 0.333 e. The number of imidazole rings is 1. The summed E-state index contributed by atoms with van der Waals surface area (Å²) in [6, 6.07) is 17.8. The predicted molar refractivity (Wildman–Crippen MR) is 142 cm³/mol. The second-order valence-corrected chi connectivity index (χ2v) is 9.52. The fourth-order valence-corrected chi connectivity index (χ4v) is 5.02. The Balaban J connectivity index is 1.25. The Kier molecular flexibility index (Phi) is 7.19. The third kappa shape index (κ3) is 5.34. The van der Waals surface area contributed by atoms with Gasteiger partial charge in [-0.1, -0.05) is 0 Å². The number of aromatic nitrogens is 2. The van der Waals surface area contributed by atoms with Gasteiger partial charge in [-0.05, 0) is 93.0 Å². The Morgan fingerprint density at radius 2 is 1.35 bits per heavy atom. The molecule has 1 aliphatic heterocycles. The molecular formula is C29H30F2N4O2. The van der Waals surface area contributed by atoms with E-state index in [1.165, 1.54) is 31.2 Å². The van der Waals surface area contributed by atoms with Crippen LogP contribution < -0.4 is 10.6 Å². The molecular weight excluding hydrogens is 474 g/mol. The average molecular weight is 505 g/mol. The van der Waals surface area contributed by atoms with E-state index in [0.717, 1.165) is 56.8 Å². The highest BCUT2D eigenvalue weighted by molar-refractivity contribution is 5.97. The molecule has 0 saturated carbocycles. The summed E-state index contributed by atoms with van der Waals surface area (Å²) >= 11 is 0. The molecule has 0 unspecified atom stereocenters. The Labute approximate surface area is 214 Å². The molecule has 6 nitrogen and oxygen atoms in total. The van der Waals surface area contributed by atoms with Crippen LogP contribution in [-0.2, 0) is 6.54 Å². The standard InChI is InChI=1S/C29H30F2N4O2/c1-21(36)22-4-13-27-28(20-22)35(26-11-7-24(31)8-12-26)29(37)34(27)15-3-2-14-32-16-18-33(19-17-32)25-9-5-23(30)6-10-25/h4-13,20H,2-3,14-19H2,1H3. The van der Waals surface area contributed by atoms with Gasteiger partial charge in [-0.15, -0.1) is 0 Å². The van der Waals surface area contributed by atoms with Crippen molar-refractivity contribution in [1.29, 1.82) is 0 Å². The number of unbranched alkanes of at least 4 members (excludes halogenated alkanes) is 1. The molecule has 192 valence electrons. The zero-order chi connectivity index (χ0) is 25.9. The maximum absolute atomic E-state index is 13.5. The normalized spacial score (nSPS) is 14.4. The minimum Gasteiger partial charge on any atom is -0.369 e. The summed E-state index contributed by atoms with van der Waals surface area (Å²) in [5, 5.41) is 0. The van der Waals surface area contributed by atoms with Gasteiger partial charge in [-0.2, -0.15) is 0 Å². The van der Waals surface area contributed by atoms with Crippen LogP contribution in [0.2, 0.25) is 0 Å². The summed E-state index contributed by atoms with van der Waals surface area (Å²) in [4.78, 5) is 30.1. The van der Waals surface area contributed by atoms with Gasteiger partial charge in [0.15, 0.2) is 5.78 Å². The van der Waals surface area contributed by atoms with Gasteiger partial charge in [0.2, 0.25) is 0 Å². The molecule has 37 heavy (non-hydrogen) atoms. The molecule has 0 aliphatic carbocycles. The van der Waals surface area contributed by atoms with E-state index in [0.29, 0.717) is 23.3 Å². The summed E-state index contributed by atoms with van der Waals surface area (Å²) < 4.78 is 30.0. The lowest BCUT2D eigenvalue weighted by Crippen LogP contribution is -2.46. The molecule has 1 aliphatic rings. The molecule has 1 aromatic heterocycles. The SMILES string of the molecule is CC(=O)c1ccc2c(c1)n(-c1ccc(F)cc1)c(=O)n2CCCCN1CCN(c2ccc(F)cc2)CC1. The van der Waals surface area contributed by atoms with Gasteiger partial charge < -0.3 is 4.90 Å². The molecule has 0 bridgehead atoms. The van der Waals surface area contributed by atoms with E-state index in [4.69, 9.17) is 0 Å². The number of benzene rings is 3.